The molecular weight excluding hydrogens is 522 g/mol. The minimum atomic E-state index is -0.268. The number of nitrogens with zero attached hydrogens (tertiary/aromatic N) is 1. The predicted molar refractivity (Wildman–Crippen MR) is 156 cm³/mol. The van der Waals surface area contributed by atoms with Gasteiger partial charge in [0.1, 0.15) is 11.4 Å². The third-order valence-electron chi connectivity index (χ3n) is 8.89. The van der Waals surface area contributed by atoms with Gasteiger partial charge in [0.05, 0.1) is 4.88 Å². The molecule has 198 valence electrons. The number of nitrogens with two attached hydrogens (primary N) is 1. The maximum absolute atomic E-state index is 13.8. The number of likely N-dealkylation sites (tertiary alicyclic amines) is 1. The zero-order chi connectivity index (χ0) is 27.3. The Morgan fingerprint density at radius 2 is 1.80 bits per heavy atom. The number of thiophene rings is 1. The van der Waals surface area contributed by atoms with Gasteiger partial charge in [0.25, 0.3) is 11.8 Å². The summed E-state index contributed by atoms with van der Waals surface area (Å²) in [6, 6.07) is 14.6. The molecule has 0 radical (unpaired) electrons. The zero-order valence-electron chi connectivity index (χ0n) is 21.6. The van der Waals surface area contributed by atoms with Crippen molar-refractivity contribution in [2.75, 3.05) is 17.6 Å². The molecule has 5 N–H and O–H groups in total. The number of carbonyl (C=O) groups is 3. The van der Waals surface area contributed by atoms with Gasteiger partial charge >= 0.3 is 0 Å². The van der Waals surface area contributed by atoms with Gasteiger partial charge in [0.2, 0.25) is 0 Å². The summed E-state index contributed by atoms with van der Waals surface area (Å²) < 4.78 is 0. The topological polar surface area (TPSA) is 124 Å². The fourth-order valence-corrected chi connectivity index (χ4v) is 8.00. The maximum Gasteiger partial charge on any atom is 0.274 e. The van der Waals surface area contributed by atoms with Crippen LogP contribution in [0.25, 0.3) is 21.8 Å². The molecule has 8 nitrogen and oxygen atoms in total. The molecule has 2 aromatic carbocycles. The van der Waals surface area contributed by atoms with Crippen molar-refractivity contribution in [1.29, 1.82) is 0 Å². The molecule has 9 heteroatoms. The Kier molecular flexibility index (Phi) is 4.63. The number of nitrogens with one attached hydrogen (secondary N) is 3. The summed E-state index contributed by atoms with van der Waals surface area (Å²) in [5, 5.41) is 6.68. The van der Waals surface area contributed by atoms with Crippen LogP contribution in [0, 0.1) is 12.8 Å². The van der Waals surface area contributed by atoms with Crippen molar-refractivity contribution >= 4 is 62.1 Å². The monoisotopic (exact) mass is 547 g/mol. The normalized spacial score (nSPS) is 21.1. The van der Waals surface area contributed by atoms with Crippen molar-refractivity contribution in [3.8, 4) is 0 Å². The second kappa shape index (κ2) is 7.95. The average molecular weight is 548 g/mol. The highest BCUT2D eigenvalue weighted by Crippen LogP contribution is 2.63. The van der Waals surface area contributed by atoms with Crippen molar-refractivity contribution in [1.82, 2.24) is 14.9 Å². The van der Waals surface area contributed by atoms with E-state index in [-0.39, 0.29) is 23.0 Å². The molecule has 2 atom stereocenters. The van der Waals surface area contributed by atoms with E-state index in [1.165, 1.54) is 11.3 Å². The third kappa shape index (κ3) is 3.09. The van der Waals surface area contributed by atoms with Crippen molar-refractivity contribution in [3.63, 3.8) is 0 Å². The van der Waals surface area contributed by atoms with Crippen LogP contribution in [0.4, 0.5) is 11.4 Å². The number of nitrogen functional groups attached to an aromatic ring is 1. The molecule has 2 amide bonds. The molecule has 0 bridgehead atoms. The largest absolute Gasteiger partial charge is 0.399 e. The molecule has 1 saturated carbocycles. The molecule has 8 rings (SSSR count). The Morgan fingerprint density at radius 1 is 1.05 bits per heavy atom. The Hall–Kier alpha value is -4.63. The first-order valence-electron chi connectivity index (χ1n) is 13.3. The third-order valence-corrected chi connectivity index (χ3v) is 10.0. The number of aromatic nitrogens is 2. The average Bonchev–Trinajstić information content (AvgIpc) is 3.68. The number of aryl methyl sites for hydroxylation is 1. The Balaban J connectivity index is 1.08. The van der Waals surface area contributed by atoms with Gasteiger partial charge in [-0.3, -0.25) is 14.4 Å². The quantitative estimate of drug-likeness (QED) is 0.215. The number of H-pyrrole nitrogens is 2. The van der Waals surface area contributed by atoms with Gasteiger partial charge in [-0.25, -0.2) is 0 Å². The Morgan fingerprint density at radius 3 is 2.60 bits per heavy atom. The van der Waals surface area contributed by atoms with Gasteiger partial charge in [-0.15, -0.1) is 11.3 Å². The molecule has 0 unspecified atom stereocenters. The summed E-state index contributed by atoms with van der Waals surface area (Å²) in [5.41, 5.74) is 12.6. The number of allylic oxidation sites excluding steroid dienone is 2. The van der Waals surface area contributed by atoms with Crippen LogP contribution in [-0.4, -0.2) is 39.0 Å². The molecular formula is C31H25N5O3S. The van der Waals surface area contributed by atoms with E-state index in [1.807, 2.05) is 35.2 Å². The highest BCUT2D eigenvalue weighted by molar-refractivity contribution is 7.12. The molecule has 40 heavy (non-hydrogen) atoms. The summed E-state index contributed by atoms with van der Waals surface area (Å²) in [6.07, 6.45) is 3.71. The van der Waals surface area contributed by atoms with E-state index in [9.17, 15) is 14.4 Å². The van der Waals surface area contributed by atoms with Gasteiger partial charge in [-0.2, -0.15) is 0 Å². The van der Waals surface area contributed by atoms with E-state index >= 15 is 0 Å². The van der Waals surface area contributed by atoms with Gasteiger partial charge in [0, 0.05) is 56.9 Å². The van der Waals surface area contributed by atoms with Crippen LogP contribution in [0.15, 0.2) is 65.7 Å². The second-order valence-electron chi connectivity index (χ2n) is 11.1. The summed E-state index contributed by atoms with van der Waals surface area (Å²) in [4.78, 5) is 48.8. The fourth-order valence-electron chi connectivity index (χ4n) is 6.95. The molecule has 2 aliphatic carbocycles. The van der Waals surface area contributed by atoms with Gasteiger partial charge in [-0.1, -0.05) is 0 Å². The number of hydrogen-bond acceptors (Lipinski definition) is 5. The molecule has 5 aromatic rings. The number of rotatable bonds is 3. The number of anilines is 2. The van der Waals surface area contributed by atoms with Crippen LogP contribution >= 0.6 is 11.3 Å². The van der Waals surface area contributed by atoms with E-state index in [0.717, 1.165) is 56.3 Å². The summed E-state index contributed by atoms with van der Waals surface area (Å²) in [6.45, 7) is 2.68. The van der Waals surface area contributed by atoms with Crippen LogP contribution in [0.1, 0.15) is 54.6 Å². The number of carbonyl (C=O) groups excluding carboxylic acids is 3. The van der Waals surface area contributed by atoms with Crippen molar-refractivity contribution in [2.45, 2.75) is 25.2 Å². The van der Waals surface area contributed by atoms with Crippen molar-refractivity contribution in [3.05, 3.63) is 93.1 Å². The minimum Gasteiger partial charge on any atom is -0.399 e. The highest BCUT2D eigenvalue weighted by Gasteiger charge is 2.62. The number of ketones is 1. The number of aromatic amines is 2. The summed E-state index contributed by atoms with van der Waals surface area (Å²) >= 11 is 1.52. The van der Waals surface area contributed by atoms with Crippen LogP contribution < -0.4 is 11.1 Å². The fraction of sp³-hybridized carbons (Fsp3) is 0.194. The van der Waals surface area contributed by atoms with E-state index in [4.69, 9.17) is 5.73 Å². The predicted octanol–water partition coefficient (Wildman–Crippen LogP) is 5.74. The Labute approximate surface area is 232 Å². The van der Waals surface area contributed by atoms with Crippen LogP contribution in [-0.2, 0) is 5.41 Å². The smallest absolute Gasteiger partial charge is 0.274 e. The molecule has 3 aliphatic rings. The first-order valence-corrected chi connectivity index (χ1v) is 14.2. The summed E-state index contributed by atoms with van der Waals surface area (Å²) in [7, 11) is 0. The van der Waals surface area contributed by atoms with E-state index in [2.05, 4.69) is 27.6 Å². The first-order chi connectivity index (χ1) is 19.3. The first kappa shape index (κ1) is 23.3. The molecule has 3 aromatic heterocycles. The van der Waals surface area contributed by atoms with Crippen molar-refractivity contribution < 1.29 is 14.4 Å². The zero-order valence-corrected chi connectivity index (χ0v) is 22.4. The minimum absolute atomic E-state index is 0.00506. The second-order valence-corrected chi connectivity index (χ2v) is 12.0. The molecule has 1 aliphatic heterocycles. The maximum atomic E-state index is 13.8. The Bertz CT molecular complexity index is 1980. The van der Waals surface area contributed by atoms with Crippen LogP contribution in [0.5, 0.6) is 0 Å². The molecule has 2 fully saturated rings. The van der Waals surface area contributed by atoms with Gasteiger partial charge < -0.3 is 25.9 Å². The van der Waals surface area contributed by atoms with Crippen LogP contribution in [0.3, 0.4) is 0 Å². The lowest BCUT2D eigenvalue weighted by Gasteiger charge is -2.47. The lowest BCUT2D eigenvalue weighted by Crippen LogP contribution is -2.45. The number of fused-ring (bicyclic) bond motifs is 3. The molecule has 4 heterocycles. The highest BCUT2D eigenvalue weighted by atomic mass is 32.1. The van der Waals surface area contributed by atoms with Crippen LogP contribution in [0.2, 0.25) is 0 Å². The van der Waals surface area contributed by atoms with Crippen molar-refractivity contribution in [2.24, 2.45) is 5.92 Å². The van der Waals surface area contributed by atoms with E-state index in [1.54, 1.807) is 24.3 Å². The van der Waals surface area contributed by atoms with E-state index in [0.29, 0.717) is 35.2 Å². The lowest BCUT2D eigenvalue weighted by molar-refractivity contribution is 0.0813. The summed E-state index contributed by atoms with van der Waals surface area (Å²) in [5.74, 6) is -0.0799. The molecule has 1 spiro atoms. The SMILES string of the molecule is Cc1csc2c1[C@@]13CC[C@@H]1CN(C(=O)c1cc4cc(NC(=O)c5cc6cc(N)ccc6[nH]5)ccc4[nH]1)C3=CC2=O. The van der Waals surface area contributed by atoms with E-state index < -0.39 is 0 Å². The standard InChI is InChI=1S/C31H25N5O3S/c1-15-14-40-28-25(37)12-26-31(27(15)28)7-6-18(31)13-36(26)30(39)24-11-17-9-20(3-5-22(17)35-24)33-29(38)23-10-16-8-19(32)2-4-21(16)34-23/h2-5,8-12,14,18,34-35H,6-7,13,32H2,1H3,(H,33,38)/t18-,31+/m1/s1. The molecule has 1 saturated heterocycles. The number of hydrogen-bond donors (Lipinski definition) is 4. The van der Waals surface area contributed by atoms with Gasteiger partial charge in [-0.05, 0) is 90.7 Å². The number of amides is 2. The van der Waals surface area contributed by atoms with Gasteiger partial charge in [0.15, 0.2) is 5.78 Å². The lowest BCUT2D eigenvalue weighted by atomic mass is 9.55. The number of benzene rings is 2.